The van der Waals surface area contributed by atoms with Gasteiger partial charge in [0.25, 0.3) is 0 Å². The molecule has 0 radical (unpaired) electrons. The second-order valence-corrected chi connectivity index (χ2v) is 8.13. The van der Waals surface area contributed by atoms with Gasteiger partial charge in [0, 0.05) is 13.5 Å². The third-order valence-corrected chi connectivity index (χ3v) is 6.11. The highest BCUT2D eigenvalue weighted by Gasteiger charge is 2.39. The summed E-state index contributed by atoms with van der Waals surface area (Å²) < 4.78 is 5.11. The molecule has 0 saturated carbocycles. The maximum absolute atomic E-state index is 12.9. The van der Waals surface area contributed by atoms with Crippen molar-refractivity contribution in [2.75, 3.05) is 25.6 Å². The molecule has 0 spiro atoms. The van der Waals surface area contributed by atoms with Crippen molar-refractivity contribution in [2.45, 2.75) is 11.7 Å². The molecule has 1 fully saturated rings. The van der Waals surface area contributed by atoms with Crippen molar-refractivity contribution in [2.24, 2.45) is 4.99 Å². The first-order chi connectivity index (χ1) is 14.0. The molecule has 9 heteroatoms. The Morgan fingerprint density at radius 2 is 1.97 bits per heavy atom. The molecule has 1 atom stereocenters. The van der Waals surface area contributed by atoms with Crippen LogP contribution in [-0.2, 0) is 14.3 Å². The average molecular weight is 452 g/mol. The zero-order valence-corrected chi connectivity index (χ0v) is 17.9. The number of ether oxygens (including phenoxy) is 1. The molecule has 29 heavy (non-hydrogen) atoms. The minimum Gasteiger partial charge on any atom is -0.383 e. The smallest absolute Gasteiger partial charge is 0.242 e. The van der Waals surface area contributed by atoms with Crippen molar-refractivity contribution < 1.29 is 14.3 Å². The van der Waals surface area contributed by atoms with Crippen LogP contribution in [0.15, 0.2) is 53.5 Å². The largest absolute Gasteiger partial charge is 0.383 e. The van der Waals surface area contributed by atoms with Crippen molar-refractivity contribution in [1.82, 2.24) is 4.90 Å². The highest BCUT2D eigenvalue weighted by Crippen LogP contribution is 2.33. The first kappa shape index (κ1) is 21.6. The minimum atomic E-state index is -0.577. The van der Waals surface area contributed by atoms with Crippen molar-refractivity contribution >= 4 is 63.3 Å². The van der Waals surface area contributed by atoms with E-state index in [9.17, 15) is 9.59 Å². The fraction of sp³-hybridized carbons (Fsp3) is 0.250. The molecule has 0 aromatic heterocycles. The third kappa shape index (κ3) is 5.51. The van der Waals surface area contributed by atoms with Gasteiger partial charge in [-0.15, -0.1) is 0 Å². The van der Waals surface area contributed by atoms with Crippen LogP contribution in [0.25, 0.3) is 0 Å². The van der Waals surface area contributed by atoms with E-state index in [4.69, 9.17) is 27.9 Å². The summed E-state index contributed by atoms with van der Waals surface area (Å²) in [5.74, 6) is -0.498. The van der Waals surface area contributed by atoms with Crippen LogP contribution in [0.5, 0.6) is 0 Å². The first-order valence-corrected chi connectivity index (χ1v) is 10.5. The van der Waals surface area contributed by atoms with Crippen LogP contribution >= 0.6 is 35.0 Å². The van der Waals surface area contributed by atoms with E-state index in [1.807, 2.05) is 30.3 Å². The fourth-order valence-electron chi connectivity index (χ4n) is 2.70. The van der Waals surface area contributed by atoms with Crippen LogP contribution < -0.4 is 5.32 Å². The highest BCUT2D eigenvalue weighted by molar-refractivity contribution is 8.15. The number of thioether (sulfide) groups is 1. The van der Waals surface area contributed by atoms with E-state index in [1.165, 1.54) is 11.8 Å². The number of methoxy groups -OCH3 is 1. The number of aliphatic imine (C=N–C) groups is 1. The Morgan fingerprint density at radius 3 is 2.69 bits per heavy atom. The molecule has 2 aromatic carbocycles. The molecule has 0 bridgehead atoms. The molecule has 0 aliphatic carbocycles. The Hall–Kier alpha value is -2.06. The molecule has 1 aliphatic rings. The number of nitrogens with one attached hydrogen (secondary N) is 1. The van der Waals surface area contributed by atoms with E-state index in [1.54, 1.807) is 30.2 Å². The highest BCUT2D eigenvalue weighted by atomic mass is 35.5. The molecule has 6 nitrogen and oxygen atoms in total. The molecule has 1 saturated heterocycles. The van der Waals surface area contributed by atoms with E-state index in [0.29, 0.717) is 29.0 Å². The van der Waals surface area contributed by atoms with Gasteiger partial charge < -0.3 is 10.1 Å². The Labute approximate surface area is 183 Å². The van der Waals surface area contributed by atoms with Gasteiger partial charge in [-0.25, -0.2) is 4.99 Å². The molecule has 0 unspecified atom stereocenters. The van der Waals surface area contributed by atoms with Gasteiger partial charge in [0.2, 0.25) is 11.8 Å². The number of nitrogens with zero attached hydrogens (tertiary/aromatic N) is 2. The number of carbonyl (C=O) groups is 2. The van der Waals surface area contributed by atoms with Gasteiger partial charge in [0.05, 0.1) is 34.6 Å². The third-order valence-electron chi connectivity index (χ3n) is 4.12. The molecule has 1 N–H and O–H groups in total. The predicted octanol–water partition coefficient (Wildman–Crippen LogP) is 4.60. The lowest BCUT2D eigenvalue weighted by Crippen LogP contribution is -2.35. The summed E-state index contributed by atoms with van der Waals surface area (Å²) in [6.45, 7) is 0.739. The molecule has 1 aliphatic heterocycles. The maximum atomic E-state index is 12.9. The summed E-state index contributed by atoms with van der Waals surface area (Å²) >= 11 is 13.4. The maximum Gasteiger partial charge on any atom is 0.242 e. The molecule has 2 amide bonds. The normalized spacial score (nSPS) is 17.8. The predicted molar refractivity (Wildman–Crippen MR) is 118 cm³/mol. The second-order valence-electron chi connectivity index (χ2n) is 6.17. The van der Waals surface area contributed by atoms with Gasteiger partial charge in [-0.3, -0.25) is 14.5 Å². The number of amides is 2. The Balaban J connectivity index is 1.73. The van der Waals surface area contributed by atoms with Crippen LogP contribution in [0.1, 0.15) is 6.42 Å². The van der Waals surface area contributed by atoms with Crippen molar-refractivity contribution in [3.8, 4) is 0 Å². The van der Waals surface area contributed by atoms with E-state index in [2.05, 4.69) is 10.3 Å². The Bertz CT molecular complexity index is 924. The number of carbonyl (C=O) groups excluding carboxylic acids is 2. The van der Waals surface area contributed by atoms with Crippen molar-refractivity contribution in [1.29, 1.82) is 0 Å². The SMILES string of the molecule is COCCN1C(=O)[C@@H](CC(=O)Nc2cccc(Cl)c2Cl)SC1=Nc1ccccc1. The fourth-order valence-corrected chi connectivity index (χ4v) is 4.23. The number of rotatable bonds is 7. The summed E-state index contributed by atoms with van der Waals surface area (Å²) in [4.78, 5) is 31.5. The molecule has 1 heterocycles. The molecule has 3 rings (SSSR count). The van der Waals surface area contributed by atoms with E-state index in [0.717, 1.165) is 5.69 Å². The van der Waals surface area contributed by atoms with Crippen LogP contribution in [0.3, 0.4) is 0 Å². The Kier molecular flexibility index (Phi) is 7.55. The zero-order valence-electron chi connectivity index (χ0n) is 15.6. The van der Waals surface area contributed by atoms with Gasteiger partial charge in [-0.05, 0) is 24.3 Å². The topological polar surface area (TPSA) is 71.0 Å². The zero-order chi connectivity index (χ0) is 20.8. The van der Waals surface area contributed by atoms with Crippen molar-refractivity contribution in [3.05, 3.63) is 58.6 Å². The summed E-state index contributed by atoms with van der Waals surface area (Å²) in [7, 11) is 1.57. The molecule has 2 aromatic rings. The average Bonchev–Trinajstić information content (AvgIpc) is 2.99. The number of benzene rings is 2. The number of hydrogen-bond acceptors (Lipinski definition) is 5. The quantitative estimate of drug-likeness (QED) is 0.667. The number of halogens is 2. The van der Waals surface area contributed by atoms with Crippen LogP contribution in [0.2, 0.25) is 10.0 Å². The van der Waals surface area contributed by atoms with Crippen LogP contribution in [0, 0.1) is 0 Å². The summed E-state index contributed by atoms with van der Waals surface area (Å²) in [6, 6.07) is 14.3. The molecular weight excluding hydrogens is 433 g/mol. The van der Waals surface area contributed by atoms with Gasteiger partial charge in [0.15, 0.2) is 5.17 Å². The van der Waals surface area contributed by atoms with Crippen LogP contribution in [0.4, 0.5) is 11.4 Å². The summed E-state index contributed by atoms with van der Waals surface area (Å²) in [5, 5.41) is 3.30. The Morgan fingerprint density at radius 1 is 1.21 bits per heavy atom. The molecule has 152 valence electrons. The summed E-state index contributed by atoms with van der Waals surface area (Å²) in [6.07, 6.45) is -0.0103. The first-order valence-electron chi connectivity index (χ1n) is 8.84. The van der Waals surface area contributed by atoms with E-state index < -0.39 is 5.25 Å². The van der Waals surface area contributed by atoms with Crippen LogP contribution in [-0.4, -0.2) is 47.4 Å². The van der Waals surface area contributed by atoms with E-state index in [-0.39, 0.29) is 23.3 Å². The minimum absolute atomic E-state index is 0.0103. The number of para-hydroxylation sites is 1. The van der Waals surface area contributed by atoms with Crippen molar-refractivity contribution in [3.63, 3.8) is 0 Å². The lowest BCUT2D eigenvalue weighted by molar-refractivity contribution is -0.128. The lowest BCUT2D eigenvalue weighted by Gasteiger charge is -2.15. The number of anilines is 1. The molecular formula is C20H19Cl2N3O3S. The summed E-state index contributed by atoms with van der Waals surface area (Å²) in [5.41, 5.74) is 1.15. The van der Waals surface area contributed by atoms with Gasteiger partial charge in [-0.2, -0.15) is 0 Å². The monoisotopic (exact) mass is 451 g/mol. The van der Waals surface area contributed by atoms with Gasteiger partial charge >= 0.3 is 0 Å². The number of amidine groups is 1. The van der Waals surface area contributed by atoms with Gasteiger partial charge in [-0.1, -0.05) is 59.2 Å². The standard InChI is InChI=1S/C20H19Cl2N3O3S/c1-28-11-10-25-19(27)16(29-20(25)23-13-6-3-2-4-7-13)12-17(26)24-15-9-5-8-14(21)18(15)22/h2-9,16H,10-12H2,1H3,(H,24,26)/t16-/m1/s1. The lowest BCUT2D eigenvalue weighted by atomic mass is 10.2. The second kappa shape index (κ2) is 10.1. The number of hydrogen-bond donors (Lipinski definition) is 1. The van der Waals surface area contributed by atoms with E-state index >= 15 is 0 Å². The van der Waals surface area contributed by atoms with Gasteiger partial charge in [0.1, 0.15) is 5.25 Å².